The summed E-state index contributed by atoms with van der Waals surface area (Å²) in [6.07, 6.45) is 0.547. The summed E-state index contributed by atoms with van der Waals surface area (Å²) in [5.41, 5.74) is 7.59. The molecule has 0 saturated carbocycles. The summed E-state index contributed by atoms with van der Waals surface area (Å²) >= 11 is 0. The first kappa shape index (κ1) is 13.2. The quantitative estimate of drug-likeness (QED) is 0.874. The zero-order valence-corrected chi connectivity index (χ0v) is 10.8. The lowest BCUT2D eigenvalue weighted by atomic mass is 10.1. The maximum absolute atomic E-state index is 12.2. The number of hydrogen-bond acceptors (Lipinski definition) is 3. The first-order valence-electron chi connectivity index (χ1n) is 5.44. The van der Waals surface area contributed by atoms with E-state index in [9.17, 15) is 8.42 Å². The van der Waals surface area contributed by atoms with Crippen LogP contribution in [0.1, 0.15) is 24.5 Å². The monoisotopic (exact) mass is 241 g/mol. The highest BCUT2D eigenvalue weighted by Gasteiger charge is 2.24. The molecule has 0 bridgehead atoms. The van der Waals surface area contributed by atoms with Gasteiger partial charge in [-0.25, -0.2) is 8.42 Å². The molecule has 4 heteroatoms. The zero-order valence-electron chi connectivity index (χ0n) is 10.0. The third kappa shape index (κ3) is 2.44. The summed E-state index contributed by atoms with van der Waals surface area (Å²) in [7, 11) is -3.27. The number of nitrogens with two attached hydrogens (primary N) is 1. The minimum absolute atomic E-state index is 0.172. The van der Waals surface area contributed by atoms with Crippen LogP contribution >= 0.6 is 0 Å². The van der Waals surface area contributed by atoms with Gasteiger partial charge in [0.05, 0.1) is 10.1 Å². The van der Waals surface area contributed by atoms with Crippen molar-refractivity contribution in [2.24, 2.45) is 5.73 Å². The number of hydrogen-bond donors (Lipinski definition) is 1. The van der Waals surface area contributed by atoms with Crippen LogP contribution < -0.4 is 5.73 Å². The number of benzene rings is 1. The van der Waals surface area contributed by atoms with Crippen LogP contribution in [0, 0.1) is 13.8 Å². The van der Waals surface area contributed by atoms with Crippen LogP contribution in [0.3, 0.4) is 0 Å². The molecule has 1 aromatic carbocycles. The second kappa shape index (κ2) is 4.97. The average molecular weight is 241 g/mol. The van der Waals surface area contributed by atoms with Crippen LogP contribution in [0.2, 0.25) is 0 Å². The third-order valence-electron chi connectivity index (χ3n) is 2.96. The van der Waals surface area contributed by atoms with Crippen molar-refractivity contribution in [1.29, 1.82) is 0 Å². The van der Waals surface area contributed by atoms with Crippen molar-refractivity contribution < 1.29 is 8.42 Å². The van der Waals surface area contributed by atoms with Gasteiger partial charge in [-0.15, -0.1) is 0 Å². The predicted octanol–water partition coefficient (Wildman–Crippen LogP) is 1.81. The van der Waals surface area contributed by atoms with Crippen molar-refractivity contribution >= 4 is 9.84 Å². The van der Waals surface area contributed by atoms with Crippen molar-refractivity contribution in [2.45, 2.75) is 37.3 Å². The standard InChI is InChI=1S/C12H19NO2S/c1-4-11(8-13)16(14,15)12-6-5-9(2)10(3)7-12/h5-7,11H,4,8,13H2,1-3H3. The van der Waals surface area contributed by atoms with Crippen LogP contribution in [-0.2, 0) is 9.84 Å². The maximum atomic E-state index is 12.2. The van der Waals surface area contributed by atoms with E-state index in [1.54, 1.807) is 12.1 Å². The van der Waals surface area contributed by atoms with Crippen LogP contribution in [0.4, 0.5) is 0 Å². The van der Waals surface area contributed by atoms with Crippen molar-refractivity contribution in [3.05, 3.63) is 29.3 Å². The van der Waals surface area contributed by atoms with Gasteiger partial charge in [-0.1, -0.05) is 13.0 Å². The predicted molar refractivity (Wildman–Crippen MR) is 66.2 cm³/mol. The fourth-order valence-electron chi connectivity index (χ4n) is 1.60. The van der Waals surface area contributed by atoms with E-state index in [-0.39, 0.29) is 6.54 Å². The van der Waals surface area contributed by atoms with Crippen molar-refractivity contribution in [2.75, 3.05) is 6.54 Å². The molecule has 2 N–H and O–H groups in total. The Hall–Kier alpha value is -0.870. The van der Waals surface area contributed by atoms with Gasteiger partial charge >= 0.3 is 0 Å². The van der Waals surface area contributed by atoms with Gasteiger partial charge in [0.1, 0.15) is 0 Å². The summed E-state index contributed by atoms with van der Waals surface area (Å²) < 4.78 is 24.4. The van der Waals surface area contributed by atoms with Gasteiger partial charge in [0.15, 0.2) is 9.84 Å². The molecule has 0 aliphatic carbocycles. The summed E-state index contributed by atoms with van der Waals surface area (Å²) in [5.74, 6) is 0. The zero-order chi connectivity index (χ0) is 12.3. The summed E-state index contributed by atoms with van der Waals surface area (Å²) in [5, 5.41) is -0.477. The summed E-state index contributed by atoms with van der Waals surface area (Å²) in [6.45, 7) is 5.89. The molecular formula is C12H19NO2S. The number of aryl methyl sites for hydroxylation is 2. The van der Waals surface area contributed by atoms with Gasteiger partial charge in [0.25, 0.3) is 0 Å². The fourth-order valence-corrected chi connectivity index (χ4v) is 3.27. The van der Waals surface area contributed by atoms with Crippen LogP contribution in [0.5, 0.6) is 0 Å². The molecule has 3 nitrogen and oxygen atoms in total. The molecule has 0 spiro atoms. The molecule has 1 atom stereocenters. The molecule has 0 amide bonds. The van der Waals surface area contributed by atoms with Crippen LogP contribution in [0.15, 0.2) is 23.1 Å². The van der Waals surface area contributed by atoms with Crippen molar-refractivity contribution in [3.63, 3.8) is 0 Å². The van der Waals surface area contributed by atoms with Crippen LogP contribution in [-0.4, -0.2) is 20.2 Å². The molecular weight excluding hydrogens is 222 g/mol. The average Bonchev–Trinajstić information content (AvgIpc) is 2.23. The minimum atomic E-state index is -3.27. The molecule has 1 unspecified atom stereocenters. The van der Waals surface area contributed by atoms with Gasteiger partial charge in [-0.2, -0.15) is 0 Å². The maximum Gasteiger partial charge on any atom is 0.182 e. The Morgan fingerprint density at radius 2 is 1.88 bits per heavy atom. The molecule has 0 heterocycles. The van der Waals surface area contributed by atoms with E-state index in [4.69, 9.17) is 5.73 Å². The third-order valence-corrected chi connectivity index (χ3v) is 5.28. The minimum Gasteiger partial charge on any atom is -0.329 e. The molecule has 1 rings (SSSR count). The lowest BCUT2D eigenvalue weighted by Crippen LogP contribution is -2.29. The normalized spacial score (nSPS) is 13.8. The lowest BCUT2D eigenvalue weighted by Gasteiger charge is -2.14. The first-order valence-corrected chi connectivity index (χ1v) is 6.99. The molecule has 16 heavy (non-hydrogen) atoms. The molecule has 0 aromatic heterocycles. The van der Waals surface area contributed by atoms with Gasteiger partial charge in [0.2, 0.25) is 0 Å². The van der Waals surface area contributed by atoms with Crippen molar-refractivity contribution in [1.82, 2.24) is 0 Å². The molecule has 0 aliphatic rings. The SMILES string of the molecule is CCC(CN)S(=O)(=O)c1ccc(C)c(C)c1. The summed E-state index contributed by atoms with van der Waals surface area (Å²) in [4.78, 5) is 0.382. The Labute approximate surface area is 97.6 Å². The highest BCUT2D eigenvalue weighted by atomic mass is 32.2. The van der Waals surface area contributed by atoms with E-state index in [1.807, 2.05) is 26.8 Å². The van der Waals surface area contributed by atoms with E-state index in [0.29, 0.717) is 11.3 Å². The lowest BCUT2D eigenvalue weighted by molar-refractivity contribution is 0.576. The van der Waals surface area contributed by atoms with E-state index in [0.717, 1.165) is 11.1 Å². The number of sulfone groups is 1. The van der Waals surface area contributed by atoms with Gasteiger partial charge in [-0.05, 0) is 43.5 Å². The van der Waals surface area contributed by atoms with Gasteiger partial charge < -0.3 is 5.73 Å². The molecule has 0 radical (unpaired) electrons. The van der Waals surface area contributed by atoms with Crippen LogP contribution in [0.25, 0.3) is 0 Å². The number of rotatable bonds is 4. The first-order chi connectivity index (χ1) is 7.43. The second-order valence-corrected chi connectivity index (χ2v) is 6.29. The highest BCUT2D eigenvalue weighted by molar-refractivity contribution is 7.92. The molecule has 1 aromatic rings. The Bertz CT molecular complexity index is 462. The van der Waals surface area contributed by atoms with E-state index in [2.05, 4.69) is 0 Å². The molecule has 0 aliphatic heterocycles. The largest absolute Gasteiger partial charge is 0.329 e. The fraction of sp³-hybridized carbons (Fsp3) is 0.500. The van der Waals surface area contributed by atoms with E-state index >= 15 is 0 Å². The molecule has 90 valence electrons. The van der Waals surface area contributed by atoms with Crippen molar-refractivity contribution in [3.8, 4) is 0 Å². The highest BCUT2D eigenvalue weighted by Crippen LogP contribution is 2.20. The Morgan fingerprint density at radius 1 is 1.25 bits per heavy atom. The van der Waals surface area contributed by atoms with E-state index in [1.165, 1.54) is 0 Å². The molecule has 0 saturated heterocycles. The smallest absolute Gasteiger partial charge is 0.182 e. The van der Waals surface area contributed by atoms with Gasteiger partial charge in [0, 0.05) is 6.54 Å². The topological polar surface area (TPSA) is 60.2 Å². The molecule has 0 fully saturated rings. The second-order valence-electron chi connectivity index (χ2n) is 4.06. The van der Waals surface area contributed by atoms with E-state index < -0.39 is 15.1 Å². The summed E-state index contributed by atoms with van der Waals surface area (Å²) in [6, 6.07) is 5.23. The van der Waals surface area contributed by atoms with Gasteiger partial charge in [-0.3, -0.25) is 0 Å². The Morgan fingerprint density at radius 3 is 2.31 bits per heavy atom. The Kier molecular flexibility index (Phi) is 4.10. The Balaban J connectivity index is 3.22.